The van der Waals surface area contributed by atoms with Crippen LogP contribution in [-0.4, -0.2) is 43.1 Å². The van der Waals surface area contributed by atoms with Crippen LogP contribution in [0.3, 0.4) is 0 Å². The van der Waals surface area contributed by atoms with Crippen molar-refractivity contribution in [3.8, 4) is 0 Å². The normalized spacial score (nSPS) is 21.5. The number of amides is 1. The average molecular weight is 551 g/mol. The summed E-state index contributed by atoms with van der Waals surface area (Å²) in [5, 5.41) is 10.2. The lowest BCUT2D eigenvalue weighted by Gasteiger charge is -2.44. The van der Waals surface area contributed by atoms with Crippen molar-refractivity contribution in [2.24, 2.45) is 0 Å². The van der Waals surface area contributed by atoms with Crippen molar-refractivity contribution in [1.82, 2.24) is 19.8 Å². The lowest BCUT2D eigenvalue weighted by atomic mass is 9.76. The molecule has 1 aromatic heterocycles. The molecule has 3 atom stereocenters. The Labute approximate surface area is 219 Å². The maximum absolute atomic E-state index is 14.9. The SMILES string of the molecule is O=C(O)N(Cc1ccccc1)[C@H]1C[C@@H](N2Cc3cnc(C(F)(F)F)nc3C2)CC[C@@H]1c1cc(F)c(F)cc1F. The summed E-state index contributed by atoms with van der Waals surface area (Å²) in [5.74, 6) is -5.52. The highest BCUT2D eigenvalue weighted by Gasteiger charge is 2.42. The third-order valence-corrected chi connectivity index (χ3v) is 7.52. The molecule has 39 heavy (non-hydrogen) atoms. The molecule has 1 saturated carbocycles. The molecule has 2 aromatic carbocycles. The van der Waals surface area contributed by atoms with Gasteiger partial charge in [-0.1, -0.05) is 30.3 Å². The molecule has 2 heterocycles. The summed E-state index contributed by atoms with van der Waals surface area (Å²) in [5.41, 5.74) is 1.38. The number of alkyl halides is 3. The number of nitrogens with zero attached hydrogens (tertiary/aromatic N) is 4. The number of rotatable bonds is 5. The highest BCUT2D eigenvalue weighted by Crippen LogP contribution is 2.42. The van der Waals surface area contributed by atoms with E-state index in [1.807, 2.05) is 4.90 Å². The van der Waals surface area contributed by atoms with Gasteiger partial charge in [0.1, 0.15) is 5.82 Å². The molecule has 1 aliphatic heterocycles. The predicted octanol–water partition coefficient (Wildman–Crippen LogP) is 6.11. The molecular weight excluding hydrogens is 526 g/mol. The van der Waals surface area contributed by atoms with Crippen LogP contribution in [0.2, 0.25) is 0 Å². The van der Waals surface area contributed by atoms with Crippen molar-refractivity contribution in [2.75, 3.05) is 0 Å². The van der Waals surface area contributed by atoms with Gasteiger partial charge in [-0.25, -0.2) is 27.9 Å². The molecule has 3 aromatic rings. The second kappa shape index (κ2) is 10.5. The maximum Gasteiger partial charge on any atom is 0.451 e. The number of fused-ring (bicyclic) bond motifs is 1. The van der Waals surface area contributed by atoms with Gasteiger partial charge in [-0.3, -0.25) is 4.90 Å². The van der Waals surface area contributed by atoms with E-state index in [0.717, 1.165) is 12.3 Å². The van der Waals surface area contributed by atoms with Crippen molar-refractivity contribution in [3.05, 3.63) is 94.3 Å². The summed E-state index contributed by atoms with van der Waals surface area (Å²) in [7, 11) is 0. The van der Waals surface area contributed by atoms with Gasteiger partial charge in [-0.05, 0) is 36.5 Å². The lowest BCUT2D eigenvalue weighted by molar-refractivity contribution is -0.145. The summed E-state index contributed by atoms with van der Waals surface area (Å²) in [6, 6.07) is 8.93. The number of hydrogen-bond acceptors (Lipinski definition) is 4. The highest BCUT2D eigenvalue weighted by molar-refractivity contribution is 5.66. The fourth-order valence-electron chi connectivity index (χ4n) is 5.67. The summed E-state index contributed by atoms with van der Waals surface area (Å²) in [6.45, 7) is 0.380. The Bertz CT molecular complexity index is 1370. The molecule has 0 unspecified atom stereocenters. The van der Waals surface area contributed by atoms with Gasteiger partial charge in [0.15, 0.2) is 11.6 Å². The second-order valence-corrected chi connectivity index (χ2v) is 9.89. The van der Waals surface area contributed by atoms with Gasteiger partial charge >= 0.3 is 12.3 Å². The Kier molecular flexibility index (Phi) is 7.23. The van der Waals surface area contributed by atoms with Gasteiger partial charge in [0.25, 0.3) is 0 Å². The Morgan fingerprint density at radius 2 is 1.74 bits per heavy atom. The van der Waals surface area contributed by atoms with Crippen molar-refractivity contribution >= 4 is 6.09 Å². The van der Waals surface area contributed by atoms with Crippen LogP contribution in [0, 0.1) is 17.5 Å². The number of halogens is 6. The Balaban J connectivity index is 1.45. The van der Waals surface area contributed by atoms with Crippen LogP contribution in [-0.2, 0) is 25.8 Å². The molecule has 1 N–H and O–H groups in total. The second-order valence-electron chi connectivity index (χ2n) is 9.89. The van der Waals surface area contributed by atoms with E-state index in [-0.39, 0.29) is 49.8 Å². The molecule has 0 bridgehead atoms. The number of carbonyl (C=O) groups is 1. The molecule has 1 fully saturated rings. The first-order valence-electron chi connectivity index (χ1n) is 12.3. The summed E-state index contributed by atoms with van der Waals surface area (Å²) < 4.78 is 82.1. The highest BCUT2D eigenvalue weighted by atomic mass is 19.4. The minimum absolute atomic E-state index is 0.0179. The zero-order valence-electron chi connectivity index (χ0n) is 20.5. The molecule has 0 radical (unpaired) electrons. The smallest absolute Gasteiger partial charge is 0.451 e. The van der Waals surface area contributed by atoms with Crippen LogP contribution in [0.4, 0.5) is 31.1 Å². The third kappa shape index (κ3) is 5.56. The van der Waals surface area contributed by atoms with E-state index in [1.54, 1.807) is 30.3 Å². The lowest BCUT2D eigenvalue weighted by Crippen LogP contribution is -2.50. The van der Waals surface area contributed by atoms with E-state index in [2.05, 4.69) is 9.97 Å². The summed E-state index contributed by atoms with van der Waals surface area (Å²) in [6.07, 6.45) is -3.89. The van der Waals surface area contributed by atoms with Crippen molar-refractivity contribution in [1.29, 1.82) is 0 Å². The molecule has 206 valence electrons. The summed E-state index contributed by atoms with van der Waals surface area (Å²) >= 11 is 0. The van der Waals surface area contributed by atoms with E-state index in [1.165, 1.54) is 4.90 Å². The molecule has 1 aliphatic carbocycles. The minimum atomic E-state index is -4.68. The molecule has 6 nitrogen and oxygen atoms in total. The average Bonchev–Trinajstić information content (AvgIpc) is 3.33. The van der Waals surface area contributed by atoms with Gasteiger partial charge in [0, 0.05) is 55.5 Å². The zero-order valence-corrected chi connectivity index (χ0v) is 20.5. The number of carboxylic acid groups (broad SMARTS) is 1. The number of hydrogen-bond donors (Lipinski definition) is 1. The zero-order chi connectivity index (χ0) is 27.9. The summed E-state index contributed by atoms with van der Waals surface area (Å²) in [4.78, 5) is 22.7. The molecule has 0 spiro atoms. The van der Waals surface area contributed by atoms with Gasteiger partial charge in [0.05, 0.1) is 5.69 Å². The molecule has 12 heteroatoms. The van der Waals surface area contributed by atoms with E-state index < -0.39 is 47.5 Å². The van der Waals surface area contributed by atoms with Gasteiger partial charge < -0.3 is 10.0 Å². The van der Waals surface area contributed by atoms with Gasteiger partial charge in [-0.2, -0.15) is 13.2 Å². The quantitative estimate of drug-likeness (QED) is 0.307. The van der Waals surface area contributed by atoms with Crippen LogP contribution in [0.25, 0.3) is 0 Å². The van der Waals surface area contributed by atoms with Crippen molar-refractivity contribution in [2.45, 2.75) is 63.1 Å². The first-order chi connectivity index (χ1) is 18.5. The number of benzene rings is 2. The Morgan fingerprint density at radius 3 is 2.44 bits per heavy atom. The maximum atomic E-state index is 14.9. The monoisotopic (exact) mass is 550 g/mol. The minimum Gasteiger partial charge on any atom is -0.465 e. The molecule has 5 rings (SSSR count). The van der Waals surface area contributed by atoms with Crippen LogP contribution in [0.1, 0.15) is 53.4 Å². The predicted molar refractivity (Wildman–Crippen MR) is 127 cm³/mol. The Hall–Kier alpha value is -3.67. The van der Waals surface area contributed by atoms with E-state index >= 15 is 0 Å². The fourth-order valence-corrected chi connectivity index (χ4v) is 5.67. The standard InChI is InChI=1S/C27H24F6N4O2/c28-20-10-22(30)21(29)9-19(20)18-7-6-17(8-24(18)37(26(38)39)12-15-4-2-1-3-5-15)36-13-16-11-34-25(27(31,32)33)35-23(16)14-36/h1-5,9-11,17-18,24H,6-8,12-14H2,(H,38,39)/t17-,18+,24-/m0/s1. The van der Waals surface area contributed by atoms with Crippen LogP contribution in [0.5, 0.6) is 0 Å². The fraction of sp³-hybridized carbons (Fsp3) is 0.370. The number of aromatic nitrogens is 2. The van der Waals surface area contributed by atoms with Gasteiger partial charge in [-0.15, -0.1) is 0 Å². The van der Waals surface area contributed by atoms with Crippen LogP contribution in [0.15, 0.2) is 48.7 Å². The van der Waals surface area contributed by atoms with Crippen LogP contribution >= 0.6 is 0 Å². The van der Waals surface area contributed by atoms with E-state index in [9.17, 15) is 36.2 Å². The first kappa shape index (κ1) is 26.9. The third-order valence-electron chi connectivity index (χ3n) is 7.52. The van der Waals surface area contributed by atoms with Crippen molar-refractivity contribution < 1.29 is 36.2 Å². The van der Waals surface area contributed by atoms with Crippen LogP contribution < -0.4 is 0 Å². The van der Waals surface area contributed by atoms with E-state index in [0.29, 0.717) is 23.6 Å². The largest absolute Gasteiger partial charge is 0.465 e. The molecule has 0 saturated heterocycles. The molecule has 1 amide bonds. The Morgan fingerprint density at radius 1 is 1.03 bits per heavy atom. The van der Waals surface area contributed by atoms with E-state index in [4.69, 9.17) is 0 Å². The topological polar surface area (TPSA) is 69.6 Å². The van der Waals surface area contributed by atoms with Crippen molar-refractivity contribution in [3.63, 3.8) is 0 Å². The first-order valence-corrected chi connectivity index (χ1v) is 12.3. The van der Waals surface area contributed by atoms with Gasteiger partial charge in [0.2, 0.25) is 5.82 Å². The molecular formula is C27H24F6N4O2. The molecule has 2 aliphatic rings.